The van der Waals surface area contributed by atoms with E-state index in [1.165, 1.54) is 7.11 Å². The van der Waals surface area contributed by atoms with Crippen molar-refractivity contribution in [2.45, 2.75) is 0 Å². The molecule has 0 fully saturated rings. The molecule has 0 atom stereocenters. The molecule has 6 nitrogen and oxygen atoms in total. The maximum absolute atomic E-state index is 12.5. The highest BCUT2D eigenvalue weighted by Crippen LogP contribution is 2.31. The lowest BCUT2D eigenvalue weighted by Crippen LogP contribution is -2.10. The smallest absolute Gasteiger partial charge is 0.368 e. The van der Waals surface area contributed by atoms with E-state index in [4.69, 9.17) is 25.9 Å². The van der Waals surface area contributed by atoms with Crippen molar-refractivity contribution >= 4 is 35.3 Å². The Hall–Kier alpha value is -3.90. The van der Waals surface area contributed by atoms with Crippen molar-refractivity contribution in [1.82, 2.24) is 0 Å². The number of benzene rings is 3. The fraction of sp³-hybridized carbons (Fsp3) is 0.0417. The first-order valence-electron chi connectivity index (χ1n) is 9.28. The molecule has 0 saturated carbocycles. The van der Waals surface area contributed by atoms with E-state index >= 15 is 0 Å². The number of carbonyl (C=O) groups is 2. The van der Waals surface area contributed by atoms with Crippen LogP contribution in [0, 0.1) is 0 Å². The number of rotatable bonds is 5. The lowest BCUT2D eigenvalue weighted by Gasteiger charge is -2.11. The van der Waals surface area contributed by atoms with Gasteiger partial charge in [0, 0.05) is 5.56 Å². The molecule has 3 aromatic rings. The Bertz CT molecular complexity index is 1220. The standard InChI is InChI=1S/C24H16ClNO5/c1-29-21-14-15(11-12-20(21)30-23(27)17-9-5-6-10-19(17)25)13-18-22(26-31-24(18)28)16-7-3-2-4-8-16/h2-14H,1H3/b18-13+. The summed E-state index contributed by atoms with van der Waals surface area (Å²) in [5, 5.41) is 4.18. The third-order valence-corrected chi connectivity index (χ3v) is 4.87. The quantitative estimate of drug-likeness (QED) is 0.247. The molecule has 7 heteroatoms. The second kappa shape index (κ2) is 8.85. The topological polar surface area (TPSA) is 74.2 Å². The molecule has 1 aliphatic heterocycles. The van der Waals surface area contributed by atoms with Gasteiger partial charge in [-0.1, -0.05) is 65.3 Å². The molecule has 31 heavy (non-hydrogen) atoms. The van der Waals surface area contributed by atoms with Gasteiger partial charge in [0.2, 0.25) is 0 Å². The van der Waals surface area contributed by atoms with Crippen LogP contribution in [0.2, 0.25) is 5.02 Å². The predicted octanol–water partition coefficient (Wildman–Crippen LogP) is 4.91. The number of nitrogens with zero attached hydrogens (tertiary/aromatic N) is 1. The third-order valence-electron chi connectivity index (χ3n) is 4.54. The van der Waals surface area contributed by atoms with Crippen LogP contribution >= 0.6 is 11.6 Å². The van der Waals surface area contributed by atoms with Gasteiger partial charge in [0.1, 0.15) is 5.71 Å². The van der Waals surface area contributed by atoms with E-state index in [0.717, 1.165) is 5.56 Å². The summed E-state index contributed by atoms with van der Waals surface area (Å²) >= 11 is 6.06. The fourth-order valence-corrected chi connectivity index (χ4v) is 3.23. The van der Waals surface area contributed by atoms with Crippen LogP contribution in [0.15, 0.2) is 83.5 Å². The largest absolute Gasteiger partial charge is 0.493 e. The van der Waals surface area contributed by atoms with E-state index in [0.29, 0.717) is 27.6 Å². The molecule has 0 aliphatic carbocycles. The molecule has 154 valence electrons. The maximum Gasteiger partial charge on any atom is 0.368 e. The minimum absolute atomic E-state index is 0.223. The van der Waals surface area contributed by atoms with Crippen LogP contribution in [0.3, 0.4) is 0 Å². The van der Waals surface area contributed by atoms with Crippen LogP contribution in [0.25, 0.3) is 6.08 Å². The van der Waals surface area contributed by atoms with Crippen molar-refractivity contribution in [3.05, 3.63) is 100 Å². The number of oxime groups is 1. The van der Waals surface area contributed by atoms with Gasteiger partial charge < -0.3 is 14.3 Å². The molecule has 0 unspecified atom stereocenters. The van der Waals surface area contributed by atoms with E-state index in [2.05, 4.69) is 5.16 Å². The zero-order valence-corrected chi connectivity index (χ0v) is 17.1. The van der Waals surface area contributed by atoms with Crippen molar-refractivity contribution in [1.29, 1.82) is 0 Å². The Morgan fingerprint density at radius 3 is 2.48 bits per heavy atom. The first-order valence-corrected chi connectivity index (χ1v) is 9.66. The van der Waals surface area contributed by atoms with Crippen molar-refractivity contribution in [2.24, 2.45) is 5.16 Å². The lowest BCUT2D eigenvalue weighted by molar-refractivity contribution is -0.136. The Morgan fingerprint density at radius 2 is 1.74 bits per heavy atom. The number of hydrogen-bond donors (Lipinski definition) is 0. The van der Waals surface area contributed by atoms with E-state index in [1.54, 1.807) is 48.5 Å². The Kier molecular flexibility index (Phi) is 5.82. The highest BCUT2D eigenvalue weighted by Gasteiger charge is 2.27. The molecular weight excluding hydrogens is 418 g/mol. The van der Waals surface area contributed by atoms with Crippen molar-refractivity contribution in [2.75, 3.05) is 7.11 Å². The average molecular weight is 434 g/mol. The van der Waals surface area contributed by atoms with Crippen molar-refractivity contribution in [3.63, 3.8) is 0 Å². The first-order chi connectivity index (χ1) is 15.1. The maximum atomic E-state index is 12.5. The Morgan fingerprint density at radius 1 is 1.00 bits per heavy atom. The average Bonchev–Trinajstić information content (AvgIpc) is 3.15. The molecule has 3 aromatic carbocycles. The Labute approximate surface area is 183 Å². The minimum atomic E-state index is -0.604. The summed E-state index contributed by atoms with van der Waals surface area (Å²) in [5.74, 6) is -0.611. The monoisotopic (exact) mass is 433 g/mol. The van der Waals surface area contributed by atoms with Crippen LogP contribution in [-0.2, 0) is 9.63 Å². The summed E-state index contributed by atoms with van der Waals surface area (Å²) in [6.45, 7) is 0. The number of halogens is 1. The SMILES string of the molecule is COc1cc(/C=C2/C(=O)ON=C2c2ccccc2)ccc1OC(=O)c1ccccc1Cl. The van der Waals surface area contributed by atoms with Crippen LogP contribution in [-0.4, -0.2) is 24.8 Å². The van der Waals surface area contributed by atoms with E-state index in [1.807, 2.05) is 30.3 Å². The Balaban J connectivity index is 1.62. The van der Waals surface area contributed by atoms with Crippen LogP contribution in [0.4, 0.5) is 0 Å². The van der Waals surface area contributed by atoms with Gasteiger partial charge in [-0.2, -0.15) is 0 Å². The summed E-state index contributed by atoms with van der Waals surface area (Å²) in [5.41, 5.74) is 2.41. The molecule has 0 bridgehead atoms. The summed E-state index contributed by atoms with van der Waals surface area (Å²) < 4.78 is 10.8. The molecule has 1 aliphatic rings. The molecule has 0 spiro atoms. The second-order valence-corrected chi connectivity index (χ2v) is 6.93. The van der Waals surface area contributed by atoms with Crippen LogP contribution in [0.5, 0.6) is 11.5 Å². The minimum Gasteiger partial charge on any atom is -0.493 e. The number of carbonyl (C=O) groups excluding carboxylic acids is 2. The number of hydrogen-bond acceptors (Lipinski definition) is 6. The van der Waals surface area contributed by atoms with E-state index < -0.39 is 11.9 Å². The number of ether oxygens (including phenoxy) is 2. The lowest BCUT2D eigenvalue weighted by atomic mass is 10.0. The zero-order valence-electron chi connectivity index (χ0n) is 16.4. The number of methoxy groups -OCH3 is 1. The van der Waals surface area contributed by atoms with E-state index in [-0.39, 0.29) is 11.3 Å². The molecular formula is C24H16ClNO5. The highest BCUT2D eigenvalue weighted by molar-refractivity contribution is 6.33. The van der Waals surface area contributed by atoms with Gasteiger partial charge in [-0.15, -0.1) is 0 Å². The van der Waals surface area contributed by atoms with Gasteiger partial charge in [0.05, 0.1) is 23.3 Å². The van der Waals surface area contributed by atoms with Gasteiger partial charge >= 0.3 is 11.9 Å². The van der Waals surface area contributed by atoms with Crippen molar-refractivity contribution in [3.8, 4) is 11.5 Å². The molecule has 0 amide bonds. The second-order valence-electron chi connectivity index (χ2n) is 6.52. The highest BCUT2D eigenvalue weighted by atomic mass is 35.5. The fourth-order valence-electron chi connectivity index (χ4n) is 3.02. The number of esters is 1. The van der Waals surface area contributed by atoms with Gasteiger partial charge in [-0.05, 0) is 35.9 Å². The predicted molar refractivity (Wildman–Crippen MR) is 116 cm³/mol. The van der Waals surface area contributed by atoms with Gasteiger partial charge in [0.15, 0.2) is 11.5 Å². The third kappa shape index (κ3) is 4.34. The molecule has 0 N–H and O–H groups in total. The van der Waals surface area contributed by atoms with Gasteiger partial charge in [-0.25, -0.2) is 9.59 Å². The first kappa shape index (κ1) is 20.4. The molecule has 4 rings (SSSR count). The summed E-state index contributed by atoms with van der Waals surface area (Å²) in [6, 6.07) is 20.8. The summed E-state index contributed by atoms with van der Waals surface area (Å²) in [4.78, 5) is 29.5. The summed E-state index contributed by atoms with van der Waals surface area (Å²) in [7, 11) is 1.46. The zero-order chi connectivity index (χ0) is 21.8. The van der Waals surface area contributed by atoms with Crippen LogP contribution in [0.1, 0.15) is 21.5 Å². The van der Waals surface area contributed by atoms with Crippen LogP contribution < -0.4 is 9.47 Å². The van der Waals surface area contributed by atoms with Gasteiger partial charge in [0.25, 0.3) is 0 Å². The molecule has 0 radical (unpaired) electrons. The van der Waals surface area contributed by atoms with E-state index in [9.17, 15) is 9.59 Å². The summed E-state index contributed by atoms with van der Waals surface area (Å²) in [6.07, 6.45) is 1.64. The molecule has 0 saturated heterocycles. The molecule has 1 heterocycles. The van der Waals surface area contributed by atoms with Crippen molar-refractivity contribution < 1.29 is 23.9 Å². The normalized spacial score (nSPS) is 14.2. The molecule has 0 aromatic heterocycles. The van der Waals surface area contributed by atoms with Gasteiger partial charge in [-0.3, -0.25) is 0 Å².